The number of pyridine rings is 2. The molecule has 13 aromatic carbocycles. The Morgan fingerprint density at radius 2 is 0.504 bits per heavy atom. The minimum Gasteiger partial charge on any atom is -0.453 e. The third-order valence-corrected chi connectivity index (χ3v) is 22.3. The molecule has 117 heavy (non-hydrogen) atoms. The highest BCUT2D eigenvalue weighted by Gasteiger charge is 2.21. The highest BCUT2D eigenvalue weighted by atomic mass is 32.1. The fourth-order valence-electron chi connectivity index (χ4n) is 14.1. The summed E-state index contributed by atoms with van der Waals surface area (Å²) in [5, 5.41) is 3.38. The SMILES string of the molecule is c1ccc(-c2ccc(-c3nc(-c4ccc(-c5ccccc5)cc4)nc(-c4cc5ccccc5o4)n3)cc2)cc1.c1ccc(-c2cccc(-c3nc(-c4ccc(-c5cccnc5)cc4)nc(-c4cc5ccccc5s4)n3)c2)cc1.c1ccc(-c2ccccc2-c2nc(-c3ccc(-c4cccnc4)cc3)nc(-c3cc4ccccc4s3)n2)cc1. The maximum Gasteiger partial charge on any atom is 0.199 e. The lowest BCUT2D eigenvalue weighted by atomic mass is 9.99. The van der Waals surface area contributed by atoms with E-state index in [9.17, 15) is 0 Å². The average Bonchev–Trinajstić information content (AvgIpc) is 1.76. The topological polar surface area (TPSA) is 155 Å². The highest BCUT2D eigenvalue weighted by Crippen LogP contribution is 2.40. The zero-order valence-electron chi connectivity index (χ0n) is 62.8. The van der Waals surface area contributed by atoms with Gasteiger partial charge >= 0.3 is 0 Å². The van der Waals surface area contributed by atoms with E-state index in [1.807, 2.05) is 109 Å². The number of rotatable bonds is 15. The quantitative estimate of drug-likeness (QED) is 0.0959. The van der Waals surface area contributed by atoms with Gasteiger partial charge in [0, 0.05) is 73.0 Å². The molecule has 0 bridgehead atoms. The first-order chi connectivity index (χ1) is 57.9. The highest BCUT2D eigenvalue weighted by molar-refractivity contribution is 7.22. The van der Waals surface area contributed by atoms with Crippen molar-refractivity contribution in [1.82, 2.24) is 54.8 Å². The summed E-state index contributed by atoms with van der Waals surface area (Å²) in [6.45, 7) is 0. The monoisotopic (exact) mass is 1540 g/mol. The number of para-hydroxylation sites is 1. The summed E-state index contributed by atoms with van der Waals surface area (Å²) in [5.41, 5.74) is 19.9. The van der Waals surface area contributed by atoms with Gasteiger partial charge in [-0.25, -0.2) is 44.9 Å². The molecule has 0 aliphatic rings. The molecule has 0 N–H and O–H groups in total. The van der Waals surface area contributed by atoms with Crippen molar-refractivity contribution in [2.24, 2.45) is 0 Å². The Morgan fingerprint density at radius 1 is 0.188 bits per heavy atom. The number of fused-ring (bicyclic) bond motifs is 3. The van der Waals surface area contributed by atoms with Crippen LogP contribution in [0.4, 0.5) is 0 Å². The minimum atomic E-state index is 0.505. The van der Waals surface area contributed by atoms with E-state index in [4.69, 9.17) is 49.3 Å². The number of thiophene rings is 2. The zero-order valence-corrected chi connectivity index (χ0v) is 64.5. The molecule has 8 aromatic heterocycles. The first kappa shape index (κ1) is 71.9. The number of benzene rings is 13. The Hall–Kier alpha value is -15.4. The molecule has 0 saturated heterocycles. The van der Waals surface area contributed by atoms with Gasteiger partial charge in [0.2, 0.25) is 0 Å². The van der Waals surface area contributed by atoms with E-state index < -0.39 is 0 Å². The van der Waals surface area contributed by atoms with E-state index in [2.05, 4.69) is 295 Å². The lowest BCUT2D eigenvalue weighted by Crippen LogP contribution is -2.00. The van der Waals surface area contributed by atoms with Gasteiger partial charge in [0.1, 0.15) is 5.58 Å². The summed E-state index contributed by atoms with van der Waals surface area (Å²) >= 11 is 3.40. The maximum absolute atomic E-state index is 6.14. The standard InChI is InChI=1S/C35H23N3O.2C34H22N4S/c1-3-9-24(10-4-1)26-15-19-28(20-16-26)33-36-34(29-21-17-27(18-22-29)25-11-5-2-6-12-25)38-35(37-33)32-23-30-13-7-8-14-31(30)39-32;1-2-9-24(10-3-1)28-13-5-6-14-29(28)33-36-32(25-18-16-23(17-19-25)27-12-8-20-35-22-27)37-34(38-33)31-21-26-11-4-7-15-30(26)39-31;1-2-8-23(9-3-1)26-11-6-12-28(20-26)33-36-32(25-17-15-24(16-18-25)29-13-7-19-35-22-29)37-34(38-33)31-21-27-10-4-5-14-30(27)39-31/h1-23H;2*1-22H. The summed E-state index contributed by atoms with van der Waals surface area (Å²) in [6.07, 6.45) is 7.31. The zero-order chi connectivity index (χ0) is 78.1. The van der Waals surface area contributed by atoms with E-state index in [0.717, 1.165) is 110 Å². The first-order valence-electron chi connectivity index (χ1n) is 38.3. The van der Waals surface area contributed by atoms with E-state index in [1.165, 1.54) is 31.3 Å². The molecule has 0 unspecified atom stereocenters. The molecule has 14 heteroatoms. The van der Waals surface area contributed by atoms with Crippen LogP contribution in [0.15, 0.2) is 411 Å². The summed E-state index contributed by atoms with van der Waals surface area (Å²) < 4.78 is 8.56. The largest absolute Gasteiger partial charge is 0.453 e. The number of hydrogen-bond acceptors (Lipinski definition) is 14. The summed E-state index contributed by atoms with van der Waals surface area (Å²) in [5.74, 6) is 6.28. The molecule has 21 rings (SSSR count). The molecule has 0 fully saturated rings. The Balaban J connectivity index is 0.000000117. The lowest BCUT2D eigenvalue weighted by Gasteiger charge is -2.11. The molecule has 552 valence electrons. The third-order valence-electron chi connectivity index (χ3n) is 20.1. The van der Waals surface area contributed by atoms with E-state index >= 15 is 0 Å². The summed E-state index contributed by atoms with van der Waals surface area (Å²) in [7, 11) is 0. The fourth-order valence-corrected chi connectivity index (χ4v) is 16.1. The number of furan rings is 1. The number of hydrogen-bond donors (Lipinski definition) is 0. The van der Waals surface area contributed by atoms with Crippen LogP contribution in [0.3, 0.4) is 0 Å². The van der Waals surface area contributed by atoms with E-state index in [1.54, 1.807) is 35.1 Å². The van der Waals surface area contributed by atoms with Crippen molar-refractivity contribution in [2.75, 3.05) is 0 Å². The summed E-state index contributed by atoms with van der Waals surface area (Å²) in [6, 6.07) is 130. The van der Waals surface area contributed by atoms with Gasteiger partial charge in [-0.05, 0) is 132 Å². The molecule has 0 atom stereocenters. The van der Waals surface area contributed by atoms with Crippen molar-refractivity contribution < 1.29 is 4.42 Å². The normalized spacial score (nSPS) is 11.1. The van der Waals surface area contributed by atoms with Crippen LogP contribution >= 0.6 is 22.7 Å². The van der Waals surface area contributed by atoms with Crippen LogP contribution < -0.4 is 0 Å². The van der Waals surface area contributed by atoms with Gasteiger partial charge in [-0.1, -0.05) is 328 Å². The van der Waals surface area contributed by atoms with Crippen LogP contribution in [0.5, 0.6) is 0 Å². The van der Waals surface area contributed by atoms with Gasteiger partial charge in [-0.15, -0.1) is 22.7 Å². The Bertz CT molecular complexity index is 6820. The predicted molar refractivity (Wildman–Crippen MR) is 477 cm³/mol. The molecular formula is C103H67N11OS2. The molecule has 0 saturated carbocycles. The molecule has 0 aliphatic heterocycles. The Morgan fingerprint density at radius 3 is 0.949 bits per heavy atom. The maximum atomic E-state index is 6.14. The van der Waals surface area contributed by atoms with Gasteiger partial charge in [-0.2, -0.15) is 0 Å². The van der Waals surface area contributed by atoms with Crippen molar-refractivity contribution in [3.05, 3.63) is 407 Å². The van der Waals surface area contributed by atoms with Gasteiger partial charge in [0.15, 0.2) is 58.2 Å². The predicted octanol–water partition coefficient (Wildman–Crippen LogP) is 26.6. The van der Waals surface area contributed by atoms with E-state index in [0.29, 0.717) is 58.2 Å². The van der Waals surface area contributed by atoms with Crippen LogP contribution in [-0.2, 0) is 0 Å². The molecule has 12 nitrogen and oxygen atoms in total. The second-order valence-corrected chi connectivity index (χ2v) is 29.9. The molecule has 21 aromatic rings. The van der Waals surface area contributed by atoms with Gasteiger partial charge in [-0.3, -0.25) is 9.97 Å². The minimum absolute atomic E-state index is 0.505. The molecular weight excluding hydrogens is 1470 g/mol. The average molecular weight is 1540 g/mol. The lowest BCUT2D eigenvalue weighted by molar-refractivity contribution is 0.625. The Kier molecular flexibility index (Phi) is 20.4. The molecule has 0 amide bonds. The molecule has 0 radical (unpaired) electrons. The third kappa shape index (κ3) is 16.1. The van der Waals surface area contributed by atoms with Crippen molar-refractivity contribution in [1.29, 1.82) is 0 Å². The van der Waals surface area contributed by atoms with Crippen LogP contribution in [-0.4, -0.2) is 54.8 Å². The van der Waals surface area contributed by atoms with Gasteiger partial charge in [0.05, 0.1) is 9.75 Å². The molecule has 0 aliphatic carbocycles. The van der Waals surface area contributed by atoms with Crippen molar-refractivity contribution in [2.45, 2.75) is 0 Å². The first-order valence-corrected chi connectivity index (χ1v) is 39.9. The number of nitrogens with zero attached hydrogens (tertiary/aromatic N) is 11. The Labute approximate surface area is 683 Å². The van der Waals surface area contributed by atoms with E-state index in [-0.39, 0.29) is 0 Å². The summed E-state index contributed by atoms with van der Waals surface area (Å²) in [4.78, 5) is 55.0. The van der Waals surface area contributed by atoms with Crippen molar-refractivity contribution in [3.63, 3.8) is 0 Å². The smallest absolute Gasteiger partial charge is 0.199 e. The molecule has 0 spiro atoms. The van der Waals surface area contributed by atoms with Gasteiger partial charge in [0.25, 0.3) is 0 Å². The van der Waals surface area contributed by atoms with Crippen LogP contribution in [0.25, 0.3) is 199 Å². The second kappa shape index (κ2) is 33.1. The molecule has 8 heterocycles. The van der Waals surface area contributed by atoms with Gasteiger partial charge < -0.3 is 4.42 Å². The van der Waals surface area contributed by atoms with Crippen LogP contribution in [0.2, 0.25) is 0 Å². The van der Waals surface area contributed by atoms with Crippen LogP contribution in [0.1, 0.15) is 0 Å². The number of aromatic nitrogens is 11. The second-order valence-electron chi connectivity index (χ2n) is 27.7. The van der Waals surface area contributed by atoms with Crippen molar-refractivity contribution in [3.8, 4) is 168 Å². The van der Waals surface area contributed by atoms with Crippen molar-refractivity contribution >= 4 is 53.8 Å². The fraction of sp³-hybridized carbons (Fsp3) is 0. The van der Waals surface area contributed by atoms with Crippen LogP contribution in [0, 0.1) is 0 Å².